The maximum absolute atomic E-state index is 11.3. The summed E-state index contributed by atoms with van der Waals surface area (Å²) in [6.45, 7) is 0. The molecule has 2 nitrogen and oxygen atoms in total. The molecule has 0 aromatic heterocycles. The van der Waals surface area contributed by atoms with E-state index in [-0.39, 0.29) is 11.6 Å². The van der Waals surface area contributed by atoms with E-state index in [1.807, 2.05) is 0 Å². The summed E-state index contributed by atoms with van der Waals surface area (Å²) in [4.78, 5) is 11.3. The van der Waals surface area contributed by atoms with Crippen molar-refractivity contribution in [3.8, 4) is 0 Å². The number of rotatable bonds is 3. The van der Waals surface area contributed by atoms with Crippen LogP contribution in [0.2, 0.25) is 0 Å². The predicted octanol–water partition coefficient (Wildman–Crippen LogP) is 2.88. The molecule has 1 saturated carbocycles. The van der Waals surface area contributed by atoms with Crippen molar-refractivity contribution in [2.45, 2.75) is 50.5 Å². The summed E-state index contributed by atoms with van der Waals surface area (Å²) < 4.78 is 5.56. The molecule has 0 aromatic rings. The van der Waals surface area contributed by atoms with E-state index >= 15 is 0 Å². The van der Waals surface area contributed by atoms with Gasteiger partial charge < -0.3 is 4.74 Å². The largest absolute Gasteiger partial charge is 0.459 e. The first-order valence-electron chi connectivity index (χ1n) is 5.55. The van der Waals surface area contributed by atoms with E-state index in [2.05, 4.69) is 0 Å². The second kappa shape index (κ2) is 4.09. The Balaban J connectivity index is 2.06. The first-order valence-corrected chi connectivity index (χ1v) is 6.08. The number of hydrogen-bond acceptors (Lipinski definition) is 2. The van der Waals surface area contributed by atoms with Gasteiger partial charge in [-0.3, -0.25) is 4.79 Å². The number of alkyl halides is 1. The van der Waals surface area contributed by atoms with Gasteiger partial charge in [0.05, 0.1) is 6.42 Å². The van der Waals surface area contributed by atoms with Crippen LogP contribution in [0.15, 0.2) is 0 Å². The van der Waals surface area contributed by atoms with Gasteiger partial charge in [-0.2, -0.15) is 0 Å². The molecule has 1 heterocycles. The molecule has 0 spiro atoms. The third kappa shape index (κ3) is 1.77. The van der Waals surface area contributed by atoms with Crippen LogP contribution in [0.1, 0.15) is 44.9 Å². The number of halogens is 1. The van der Waals surface area contributed by atoms with Crippen LogP contribution in [0.5, 0.6) is 0 Å². The number of carbonyl (C=O) groups excluding carboxylic acids is 1. The molecule has 0 radical (unpaired) electrons. The van der Waals surface area contributed by atoms with Crippen molar-refractivity contribution in [2.24, 2.45) is 5.92 Å². The highest BCUT2D eigenvalue weighted by Gasteiger charge is 2.49. The van der Waals surface area contributed by atoms with Gasteiger partial charge in [-0.05, 0) is 32.1 Å². The van der Waals surface area contributed by atoms with Crippen molar-refractivity contribution < 1.29 is 9.53 Å². The summed E-state index contributed by atoms with van der Waals surface area (Å²) >= 11 is 5.70. The predicted molar refractivity (Wildman–Crippen MR) is 55.4 cm³/mol. The fraction of sp³-hybridized carbons (Fsp3) is 0.909. The van der Waals surface area contributed by atoms with Gasteiger partial charge >= 0.3 is 5.97 Å². The Morgan fingerprint density at radius 1 is 1.50 bits per heavy atom. The minimum Gasteiger partial charge on any atom is -0.459 e. The number of carbonyl (C=O) groups is 1. The summed E-state index contributed by atoms with van der Waals surface area (Å²) in [5, 5.41) is 0. The van der Waals surface area contributed by atoms with Crippen molar-refractivity contribution in [2.75, 3.05) is 5.88 Å². The lowest BCUT2D eigenvalue weighted by molar-refractivity contribution is -0.152. The summed E-state index contributed by atoms with van der Waals surface area (Å²) in [6.07, 6.45) is 7.24. The molecule has 0 aromatic carbocycles. The lowest BCUT2D eigenvalue weighted by Crippen LogP contribution is -2.38. The Labute approximate surface area is 90.0 Å². The Kier molecular flexibility index (Phi) is 3.01. The summed E-state index contributed by atoms with van der Waals surface area (Å²) in [6, 6.07) is 0. The van der Waals surface area contributed by atoms with Crippen molar-refractivity contribution in [3.63, 3.8) is 0 Å². The van der Waals surface area contributed by atoms with Crippen molar-refractivity contribution in [3.05, 3.63) is 0 Å². The third-order valence-electron chi connectivity index (χ3n) is 3.61. The van der Waals surface area contributed by atoms with Gasteiger partial charge in [0, 0.05) is 11.8 Å². The van der Waals surface area contributed by atoms with Gasteiger partial charge in [-0.15, -0.1) is 11.6 Å². The molecular formula is C11H17ClO2. The molecule has 0 bridgehead atoms. The smallest absolute Gasteiger partial charge is 0.306 e. The van der Waals surface area contributed by atoms with Gasteiger partial charge in [-0.1, -0.05) is 6.42 Å². The van der Waals surface area contributed by atoms with Crippen LogP contribution >= 0.6 is 11.6 Å². The van der Waals surface area contributed by atoms with E-state index in [9.17, 15) is 4.79 Å². The highest BCUT2D eigenvalue weighted by Crippen LogP contribution is 2.46. The van der Waals surface area contributed by atoms with E-state index in [0.717, 1.165) is 25.7 Å². The van der Waals surface area contributed by atoms with E-state index in [4.69, 9.17) is 16.3 Å². The van der Waals surface area contributed by atoms with Crippen molar-refractivity contribution in [1.82, 2.24) is 0 Å². The number of ether oxygens (including phenoxy) is 1. The van der Waals surface area contributed by atoms with Crippen molar-refractivity contribution >= 4 is 17.6 Å². The minimum atomic E-state index is -0.121. The fourth-order valence-electron chi connectivity index (χ4n) is 2.92. The Bertz CT molecular complexity index is 229. The van der Waals surface area contributed by atoms with E-state index in [1.165, 1.54) is 12.8 Å². The van der Waals surface area contributed by atoms with Gasteiger partial charge in [0.1, 0.15) is 5.60 Å². The van der Waals surface area contributed by atoms with Crippen LogP contribution in [-0.2, 0) is 9.53 Å². The quantitative estimate of drug-likeness (QED) is 0.536. The average Bonchev–Trinajstić information content (AvgIpc) is 2.51. The standard InChI is InChI=1S/C11H17ClO2/c12-7-3-6-11-5-2-1-4-9(11)8-10(13)14-11/h9H,1-8H2/t9-,11-/m1/s1. The molecule has 80 valence electrons. The molecule has 2 aliphatic rings. The van der Waals surface area contributed by atoms with Crippen molar-refractivity contribution in [1.29, 1.82) is 0 Å². The molecule has 0 N–H and O–H groups in total. The SMILES string of the molecule is O=C1C[C@H]2CCCC[C@]2(CCCCl)O1. The molecule has 0 unspecified atom stereocenters. The van der Waals surface area contributed by atoms with Crippen LogP contribution < -0.4 is 0 Å². The molecule has 0 amide bonds. The van der Waals surface area contributed by atoms with Crippen LogP contribution in [0, 0.1) is 5.92 Å². The second-order valence-corrected chi connectivity index (χ2v) is 4.86. The Morgan fingerprint density at radius 3 is 3.14 bits per heavy atom. The fourth-order valence-corrected chi connectivity index (χ4v) is 3.05. The van der Waals surface area contributed by atoms with Gasteiger partial charge in [0.25, 0.3) is 0 Å². The first kappa shape index (κ1) is 10.3. The zero-order valence-corrected chi connectivity index (χ0v) is 9.18. The van der Waals surface area contributed by atoms with Crippen LogP contribution in [-0.4, -0.2) is 17.5 Å². The molecule has 3 heteroatoms. The average molecular weight is 217 g/mol. The number of hydrogen-bond donors (Lipinski definition) is 0. The normalized spacial score (nSPS) is 36.6. The highest BCUT2D eigenvalue weighted by atomic mass is 35.5. The summed E-state index contributed by atoms with van der Waals surface area (Å²) in [5.74, 6) is 1.16. The zero-order valence-electron chi connectivity index (χ0n) is 8.43. The van der Waals surface area contributed by atoms with Gasteiger partial charge in [-0.25, -0.2) is 0 Å². The van der Waals surface area contributed by atoms with E-state index < -0.39 is 0 Å². The lowest BCUT2D eigenvalue weighted by Gasteiger charge is -2.37. The molecular weight excluding hydrogens is 200 g/mol. The maximum atomic E-state index is 11.3. The Morgan fingerprint density at radius 2 is 2.36 bits per heavy atom. The monoisotopic (exact) mass is 216 g/mol. The van der Waals surface area contributed by atoms with E-state index in [0.29, 0.717) is 18.2 Å². The topological polar surface area (TPSA) is 26.3 Å². The van der Waals surface area contributed by atoms with Gasteiger partial charge in [0.15, 0.2) is 0 Å². The summed E-state index contributed by atoms with van der Waals surface area (Å²) in [7, 11) is 0. The van der Waals surface area contributed by atoms with Crippen LogP contribution in [0.25, 0.3) is 0 Å². The molecule has 1 saturated heterocycles. The highest BCUT2D eigenvalue weighted by molar-refractivity contribution is 6.17. The number of fused-ring (bicyclic) bond motifs is 1. The molecule has 2 fully saturated rings. The molecule has 2 rings (SSSR count). The van der Waals surface area contributed by atoms with Crippen LogP contribution in [0.4, 0.5) is 0 Å². The summed E-state index contributed by atoms with van der Waals surface area (Å²) in [5.41, 5.74) is -0.121. The molecule has 1 aliphatic carbocycles. The molecule has 2 atom stereocenters. The van der Waals surface area contributed by atoms with Gasteiger partial charge in [0.2, 0.25) is 0 Å². The zero-order chi connectivity index (χ0) is 10.0. The Hall–Kier alpha value is -0.240. The first-order chi connectivity index (χ1) is 6.77. The number of esters is 1. The maximum Gasteiger partial charge on any atom is 0.306 e. The second-order valence-electron chi connectivity index (χ2n) is 4.48. The molecule has 14 heavy (non-hydrogen) atoms. The van der Waals surface area contributed by atoms with E-state index in [1.54, 1.807) is 0 Å². The molecule has 1 aliphatic heterocycles. The minimum absolute atomic E-state index is 0.00599. The van der Waals surface area contributed by atoms with Crippen LogP contribution in [0.3, 0.4) is 0 Å². The third-order valence-corrected chi connectivity index (χ3v) is 3.88. The lowest BCUT2D eigenvalue weighted by atomic mass is 9.73.